The van der Waals surface area contributed by atoms with Crippen LogP contribution in [0.15, 0.2) is 0 Å². The molecule has 1 rings (SSSR count). The van der Waals surface area contributed by atoms with E-state index >= 15 is 0 Å². The predicted octanol–water partition coefficient (Wildman–Crippen LogP) is -0.103. The molecule has 0 aromatic heterocycles. The molecule has 1 saturated heterocycles. The van der Waals surface area contributed by atoms with Gasteiger partial charge in [-0.05, 0) is 0 Å². The molecule has 0 N–H and O–H groups in total. The van der Waals surface area contributed by atoms with Crippen molar-refractivity contribution in [1.82, 2.24) is 4.90 Å². The molecule has 0 aromatic rings. The van der Waals surface area contributed by atoms with Crippen LogP contribution in [0.3, 0.4) is 0 Å². The molecule has 0 aliphatic carbocycles. The van der Waals surface area contributed by atoms with Crippen LogP contribution >= 0.6 is 0 Å². The third kappa shape index (κ3) is 3.67. The minimum absolute atomic E-state index is 0.656. The fourth-order valence-corrected chi connectivity index (χ4v) is 0.890. The van der Waals surface area contributed by atoms with E-state index in [9.17, 15) is 0 Å². The number of hydrogen-bond acceptors (Lipinski definition) is 4. The zero-order valence-corrected chi connectivity index (χ0v) is 6.91. The van der Waals surface area contributed by atoms with Gasteiger partial charge >= 0.3 is 0 Å². The molecule has 4 nitrogen and oxygen atoms in total. The molecule has 0 amide bonds. The summed E-state index contributed by atoms with van der Waals surface area (Å²) in [4.78, 5) is 2.11. The maximum Gasteiger partial charge on any atom is 0.101 e. The topological polar surface area (TPSA) is 30.9 Å². The van der Waals surface area contributed by atoms with E-state index < -0.39 is 0 Å². The lowest BCUT2D eigenvalue weighted by molar-refractivity contribution is -0.00411. The first-order chi connectivity index (χ1) is 5.43. The first kappa shape index (κ1) is 8.93. The van der Waals surface area contributed by atoms with E-state index in [2.05, 4.69) is 4.90 Å². The molecule has 11 heavy (non-hydrogen) atoms. The van der Waals surface area contributed by atoms with E-state index in [4.69, 9.17) is 14.2 Å². The van der Waals surface area contributed by atoms with Crippen LogP contribution in [-0.2, 0) is 14.2 Å². The van der Waals surface area contributed by atoms with E-state index in [-0.39, 0.29) is 0 Å². The summed E-state index contributed by atoms with van der Waals surface area (Å²) in [5.41, 5.74) is 0. The van der Waals surface area contributed by atoms with E-state index in [1.54, 1.807) is 7.11 Å². The predicted molar refractivity (Wildman–Crippen MR) is 40.2 cm³/mol. The van der Waals surface area contributed by atoms with Gasteiger partial charge in [0.2, 0.25) is 0 Å². The highest BCUT2D eigenvalue weighted by molar-refractivity contribution is 4.52. The van der Waals surface area contributed by atoms with Gasteiger partial charge < -0.3 is 14.2 Å². The normalized spacial score (nSPS) is 19.4. The molecule has 0 spiro atoms. The van der Waals surface area contributed by atoms with Gasteiger partial charge in [0.25, 0.3) is 0 Å². The standard InChI is InChI=1S/C7H15NO3/c1-9-4-5-11-7-8-2-3-10-6-8/h2-7H2,1H3. The highest BCUT2D eigenvalue weighted by Gasteiger charge is 2.10. The molecule has 1 heterocycles. The molecule has 0 saturated carbocycles. The first-order valence-electron chi connectivity index (χ1n) is 3.80. The lowest BCUT2D eigenvalue weighted by Gasteiger charge is -2.12. The fourth-order valence-electron chi connectivity index (χ4n) is 0.890. The molecule has 4 heteroatoms. The lowest BCUT2D eigenvalue weighted by Crippen LogP contribution is -2.24. The molecule has 0 bridgehead atoms. The maximum absolute atomic E-state index is 5.28. The molecule has 1 aliphatic heterocycles. The molecule has 66 valence electrons. The largest absolute Gasteiger partial charge is 0.382 e. The van der Waals surface area contributed by atoms with E-state index in [1.165, 1.54) is 0 Å². The third-order valence-corrected chi connectivity index (χ3v) is 1.53. The highest BCUT2D eigenvalue weighted by Crippen LogP contribution is 1.97. The van der Waals surface area contributed by atoms with Crippen molar-refractivity contribution in [1.29, 1.82) is 0 Å². The Morgan fingerprint density at radius 2 is 2.36 bits per heavy atom. The van der Waals surface area contributed by atoms with Gasteiger partial charge in [-0.1, -0.05) is 0 Å². The second-order valence-corrected chi connectivity index (χ2v) is 2.46. The Kier molecular flexibility index (Phi) is 4.45. The van der Waals surface area contributed by atoms with E-state index in [0.717, 1.165) is 13.2 Å². The Balaban J connectivity index is 1.86. The SMILES string of the molecule is COCCOCN1CCOC1. The summed E-state index contributed by atoms with van der Waals surface area (Å²) in [5, 5.41) is 0. The van der Waals surface area contributed by atoms with Gasteiger partial charge in [0.1, 0.15) is 13.5 Å². The van der Waals surface area contributed by atoms with Gasteiger partial charge in [0.15, 0.2) is 0 Å². The molecule has 0 unspecified atom stereocenters. The fraction of sp³-hybridized carbons (Fsp3) is 1.00. The van der Waals surface area contributed by atoms with E-state index in [1.807, 2.05) is 0 Å². The Bertz CT molecular complexity index is 93.7. The average molecular weight is 161 g/mol. The molecular weight excluding hydrogens is 146 g/mol. The molecule has 1 aliphatic rings. The van der Waals surface area contributed by atoms with E-state index in [0.29, 0.717) is 26.7 Å². The quantitative estimate of drug-likeness (QED) is 0.527. The molecule has 0 aromatic carbocycles. The van der Waals surface area contributed by atoms with Crippen molar-refractivity contribution in [3.63, 3.8) is 0 Å². The number of methoxy groups -OCH3 is 1. The smallest absolute Gasteiger partial charge is 0.101 e. The van der Waals surface area contributed by atoms with Crippen LogP contribution in [0.5, 0.6) is 0 Å². The summed E-state index contributed by atoms with van der Waals surface area (Å²) in [6.07, 6.45) is 0. The van der Waals surface area contributed by atoms with Crippen molar-refractivity contribution in [2.24, 2.45) is 0 Å². The first-order valence-corrected chi connectivity index (χ1v) is 3.80. The van der Waals surface area contributed by atoms with Crippen LogP contribution in [0.1, 0.15) is 0 Å². The third-order valence-electron chi connectivity index (χ3n) is 1.53. The van der Waals surface area contributed by atoms with Gasteiger partial charge in [-0.3, -0.25) is 4.90 Å². The number of rotatable bonds is 5. The van der Waals surface area contributed by atoms with Crippen molar-refractivity contribution in [2.75, 3.05) is 46.9 Å². The van der Waals surface area contributed by atoms with Crippen LogP contribution in [0.2, 0.25) is 0 Å². The number of nitrogens with zero attached hydrogens (tertiary/aromatic N) is 1. The van der Waals surface area contributed by atoms with Crippen LogP contribution in [0, 0.1) is 0 Å². The molecule has 0 atom stereocenters. The minimum Gasteiger partial charge on any atom is -0.382 e. The van der Waals surface area contributed by atoms with Crippen molar-refractivity contribution in [2.45, 2.75) is 0 Å². The van der Waals surface area contributed by atoms with Crippen LogP contribution < -0.4 is 0 Å². The monoisotopic (exact) mass is 161 g/mol. The summed E-state index contributed by atoms with van der Waals surface area (Å²) in [6, 6.07) is 0. The van der Waals surface area contributed by atoms with Gasteiger partial charge in [-0.15, -0.1) is 0 Å². The zero-order chi connectivity index (χ0) is 7.94. The second-order valence-electron chi connectivity index (χ2n) is 2.46. The second kappa shape index (κ2) is 5.49. The van der Waals surface area contributed by atoms with Crippen LogP contribution in [0.25, 0.3) is 0 Å². The van der Waals surface area contributed by atoms with Crippen LogP contribution in [-0.4, -0.2) is 51.8 Å². The summed E-state index contributed by atoms with van der Waals surface area (Å²) in [6.45, 7) is 4.48. The summed E-state index contributed by atoms with van der Waals surface area (Å²) in [7, 11) is 1.67. The average Bonchev–Trinajstić information content (AvgIpc) is 2.50. The number of ether oxygens (including phenoxy) is 3. The van der Waals surface area contributed by atoms with Crippen molar-refractivity contribution in [3.05, 3.63) is 0 Å². The lowest BCUT2D eigenvalue weighted by atomic mass is 10.7. The minimum atomic E-state index is 0.656. The van der Waals surface area contributed by atoms with Gasteiger partial charge in [-0.25, -0.2) is 0 Å². The van der Waals surface area contributed by atoms with Crippen molar-refractivity contribution >= 4 is 0 Å². The Labute approximate surface area is 67.0 Å². The Morgan fingerprint density at radius 1 is 1.45 bits per heavy atom. The summed E-state index contributed by atoms with van der Waals surface area (Å²) >= 11 is 0. The Morgan fingerprint density at radius 3 is 3.00 bits per heavy atom. The Hall–Kier alpha value is -0.160. The van der Waals surface area contributed by atoms with Crippen molar-refractivity contribution < 1.29 is 14.2 Å². The highest BCUT2D eigenvalue weighted by atomic mass is 16.5. The van der Waals surface area contributed by atoms with Gasteiger partial charge in [0, 0.05) is 13.7 Å². The number of hydrogen-bond donors (Lipinski definition) is 0. The zero-order valence-electron chi connectivity index (χ0n) is 6.91. The summed E-state index contributed by atoms with van der Waals surface area (Å²) in [5.74, 6) is 0. The van der Waals surface area contributed by atoms with Crippen LogP contribution in [0.4, 0.5) is 0 Å². The molecular formula is C7H15NO3. The molecule has 0 radical (unpaired) electrons. The van der Waals surface area contributed by atoms with Gasteiger partial charge in [0.05, 0.1) is 19.8 Å². The van der Waals surface area contributed by atoms with Crippen molar-refractivity contribution in [3.8, 4) is 0 Å². The maximum atomic E-state index is 5.28. The van der Waals surface area contributed by atoms with Gasteiger partial charge in [-0.2, -0.15) is 0 Å². The summed E-state index contributed by atoms with van der Waals surface area (Å²) < 4.78 is 15.2. The molecule has 1 fully saturated rings.